The molecular weight excluding hydrogens is 180 g/mol. The third-order valence-corrected chi connectivity index (χ3v) is 1.98. The molecular formula is C11H22O3. The van der Waals surface area contributed by atoms with Crippen molar-refractivity contribution in [2.45, 2.75) is 51.9 Å². The first kappa shape index (κ1) is 15.6. The Bertz CT molecular complexity index is 153. The Labute approximate surface area is 86.1 Å². The maximum Gasteiger partial charge on any atom is 0.327 e. The molecule has 0 aliphatic heterocycles. The van der Waals surface area contributed by atoms with E-state index in [0.717, 1.165) is 12.8 Å². The fraction of sp³-hybridized carbons (Fsp3) is 0.727. The lowest BCUT2D eigenvalue weighted by molar-refractivity contribution is -0.131. The van der Waals surface area contributed by atoms with E-state index in [9.17, 15) is 4.79 Å². The van der Waals surface area contributed by atoms with Gasteiger partial charge in [0.25, 0.3) is 0 Å². The summed E-state index contributed by atoms with van der Waals surface area (Å²) >= 11 is 0. The second-order valence-corrected chi connectivity index (χ2v) is 3.30. The van der Waals surface area contributed by atoms with E-state index in [2.05, 4.69) is 6.92 Å². The normalized spacial score (nSPS) is 10.1. The average Bonchev–Trinajstić information content (AvgIpc) is 2.09. The first-order valence-electron chi connectivity index (χ1n) is 5.17. The van der Waals surface area contributed by atoms with Crippen LogP contribution in [0, 0.1) is 0 Å². The number of rotatable bonds is 8. The van der Waals surface area contributed by atoms with Crippen LogP contribution in [0.2, 0.25) is 0 Å². The van der Waals surface area contributed by atoms with Crippen molar-refractivity contribution in [2.24, 2.45) is 0 Å². The number of carboxylic acids is 1. The molecule has 0 rings (SSSR count). The molecule has 0 heterocycles. The summed E-state index contributed by atoms with van der Waals surface area (Å²) in [7, 11) is 0. The second kappa shape index (κ2) is 12.2. The predicted molar refractivity (Wildman–Crippen MR) is 58.4 cm³/mol. The summed E-state index contributed by atoms with van der Waals surface area (Å²) in [5, 5.41) is 8.30. The average molecular weight is 202 g/mol. The number of unbranched alkanes of at least 4 members (excludes halogenated alkanes) is 6. The zero-order chi connectivity index (χ0) is 9.94. The molecule has 0 radical (unpaired) electrons. The smallest absolute Gasteiger partial charge is 0.327 e. The largest absolute Gasteiger partial charge is 0.478 e. The van der Waals surface area contributed by atoms with Crippen molar-refractivity contribution < 1.29 is 15.4 Å². The van der Waals surface area contributed by atoms with Gasteiger partial charge in [-0.15, -0.1) is 0 Å². The van der Waals surface area contributed by atoms with Crippen molar-refractivity contribution in [2.75, 3.05) is 0 Å². The summed E-state index contributed by atoms with van der Waals surface area (Å²) in [4.78, 5) is 10.1. The van der Waals surface area contributed by atoms with Crippen molar-refractivity contribution in [1.29, 1.82) is 0 Å². The lowest BCUT2D eigenvalue weighted by atomic mass is 10.1. The Hall–Kier alpha value is -0.830. The minimum Gasteiger partial charge on any atom is -0.478 e. The standard InChI is InChI=1S/C11H20O2.H2O/c1-2-3-4-5-6-7-8-9-10-11(12)13;/h9-10H,2-8H2,1H3,(H,12,13);1H2/b10-9+;. The van der Waals surface area contributed by atoms with Crippen LogP contribution in [-0.2, 0) is 4.79 Å². The summed E-state index contributed by atoms with van der Waals surface area (Å²) in [6.07, 6.45) is 11.4. The maximum atomic E-state index is 10.1. The van der Waals surface area contributed by atoms with Crippen molar-refractivity contribution in [3.05, 3.63) is 12.2 Å². The molecule has 84 valence electrons. The van der Waals surface area contributed by atoms with Crippen LogP contribution in [0.15, 0.2) is 12.2 Å². The highest BCUT2D eigenvalue weighted by molar-refractivity contribution is 5.79. The molecule has 0 fully saturated rings. The molecule has 0 unspecified atom stereocenters. The van der Waals surface area contributed by atoms with Gasteiger partial charge in [0.15, 0.2) is 0 Å². The molecule has 0 aliphatic carbocycles. The molecule has 0 aliphatic rings. The SMILES string of the molecule is CCCCCCCC/C=C/C(=O)O.O. The van der Waals surface area contributed by atoms with Gasteiger partial charge >= 0.3 is 5.97 Å². The molecule has 3 heteroatoms. The number of carboxylic acid groups (broad SMARTS) is 1. The fourth-order valence-electron chi connectivity index (χ4n) is 1.23. The highest BCUT2D eigenvalue weighted by Gasteiger charge is 1.89. The van der Waals surface area contributed by atoms with Gasteiger partial charge in [0.1, 0.15) is 0 Å². The minimum atomic E-state index is -0.842. The second-order valence-electron chi connectivity index (χ2n) is 3.30. The van der Waals surface area contributed by atoms with E-state index < -0.39 is 5.97 Å². The quantitative estimate of drug-likeness (QED) is 0.485. The lowest BCUT2D eigenvalue weighted by Crippen LogP contribution is -1.85. The molecule has 14 heavy (non-hydrogen) atoms. The maximum absolute atomic E-state index is 10.1. The van der Waals surface area contributed by atoms with Gasteiger partial charge in [0, 0.05) is 6.08 Å². The highest BCUT2D eigenvalue weighted by atomic mass is 16.4. The van der Waals surface area contributed by atoms with Gasteiger partial charge in [-0.05, 0) is 12.8 Å². The van der Waals surface area contributed by atoms with Crippen molar-refractivity contribution in [1.82, 2.24) is 0 Å². The van der Waals surface area contributed by atoms with Gasteiger partial charge in [-0.2, -0.15) is 0 Å². The van der Waals surface area contributed by atoms with Crippen LogP contribution >= 0.6 is 0 Å². The molecule has 0 aromatic carbocycles. The summed E-state index contributed by atoms with van der Waals surface area (Å²) in [6.45, 7) is 2.20. The Morgan fingerprint density at radius 1 is 1.14 bits per heavy atom. The topological polar surface area (TPSA) is 68.8 Å². The highest BCUT2D eigenvalue weighted by Crippen LogP contribution is 2.06. The van der Waals surface area contributed by atoms with Gasteiger partial charge < -0.3 is 10.6 Å². The Morgan fingerprint density at radius 2 is 1.71 bits per heavy atom. The van der Waals surface area contributed by atoms with E-state index in [-0.39, 0.29) is 5.48 Å². The first-order valence-corrected chi connectivity index (χ1v) is 5.17. The number of hydrogen-bond acceptors (Lipinski definition) is 1. The van der Waals surface area contributed by atoms with Crippen LogP contribution < -0.4 is 0 Å². The first-order chi connectivity index (χ1) is 6.27. The fourth-order valence-corrected chi connectivity index (χ4v) is 1.23. The molecule has 0 saturated heterocycles. The summed E-state index contributed by atoms with van der Waals surface area (Å²) in [5.41, 5.74) is 0. The monoisotopic (exact) mass is 202 g/mol. The summed E-state index contributed by atoms with van der Waals surface area (Å²) < 4.78 is 0. The molecule has 0 atom stereocenters. The van der Waals surface area contributed by atoms with Crippen LogP contribution in [0.5, 0.6) is 0 Å². The third kappa shape index (κ3) is 13.7. The van der Waals surface area contributed by atoms with Crippen molar-refractivity contribution in [3.8, 4) is 0 Å². The van der Waals surface area contributed by atoms with E-state index in [1.54, 1.807) is 6.08 Å². The van der Waals surface area contributed by atoms with Gasteiger partial charge in [-0.1, -0.05) is 45.1 Å². The Morgan fingerprint density at radius 3 is 2.29 bits per heavy atom. The molecule has 0 aromatic rings. The molecule has 3 nitrogen and oxygen atoms in total. The molecule has 3 N–H and O–H groups in total. The van der Waals surface area contributed by atoms with E-state index >= 15 is 0 Å². The van der Waals surface area contributed by atoms with Gasteiger partial charge in [0.05, 0.1) is 0 Å². The van der Waals surface area contributed by atoms with Crippen LogP contribution in [0.3, 0.4) is 0 Å². The van der Waals surface area contributed by atoms with Crippen LogP contribution in [0.4, 0.5) is 0 Å². The Balaban J connectivity index is 0. The number of aliphatic carboxylic acids is 1. The van der Waals surface area contributed by atoms with Crippen LogP contribution in [-0.4, -0.2) is 16.6 Å². The van der Waals surface area contributed by atoms with Gasteiger partial charge in [-0.25, -0.2) is 4.79 Å². The minimum absolute atomic E-state index is 0. The molecule has 0 bridgehead atoms. The summed E-state index contributed by atoms with van der Waals surface area (Å²) in [5.74, 6) is -0.842. The zero-order valence-electron chi connectivity index (χ0n) is 8.96. The van der Waals surface area contributed by atoms with Crippen LogP contribution in [0.25, 0.3) is 0 Å². The lowest BCUT2D eigenvalue weighted by Gasteiger charge is -1.96. The van der Waals surface area contributed by atoms with E-state index in [1.165, 1.54) is 38.2 Å². The van der Waals surface area contributed by atoms with E-state index in [4.69, 9.17) is 5.11 Å². The van der Waals surface area contributed by atoms with Crippen LogP contribution in [0.1, 0.15) is 51.9 Å². The van der Waals surface area contributed by atoms with E-state index in [0.29, 0.717) is 0 Å². The third-order valence-electron chi connectivity index (χ3n) is 1.98. The molecule has 0 spiro atoms. The van der Waals surface area contributed by atoms with Crippen molar-refractivity contribution >= 4 is 5.97 Å². The zero-order valence-corrected chi connectivity index (χ0v) is 8.96. The number of hydrogen-bond donors (Lipinski definition) is 1. The van der Waals surface area contributed by atoms with Gasteiger partial charge in [-0.3, -0.25) is 0 Å². The summed E-state index contributed by atoms with van der Waals surface area (Å²) in [6, 6.07) is 0. The predicted octanol–water partition coefficient (Wildman–Crippen LogP) is 2.55. The molecule has 0 saturated carbocycles. The number of allylic oxidation sites excluding steroid dienone is 1. The van der Waals surface area contributed by atoms with Crippen molar-refractivity contribution in [3.63, 3.8) is 0 Å². The number of carbonyl (C=O) groups is 1. The van der Waals surface area contributed by atoms with Gasteiger partial charge in [0.2, 0.25) is 0 Å². The Kier molecular flexibility index (Phi) is 13.6. The molecule has 0 amide bonds. The molecule has 0 aromatic heterocycles. The van der Waals surface area contributed by atoms with E-state index in [1.807, 2.05) is 0 Å².